The molecule has 1 heterocycles. The molecule has 0 aliphatic carbocycles. The van der Waals surface area contributed by atoms with Crippen LogP contribution in [-0.2, 0) is 0 Å². The van der Waals surface area contributed by atoms with Crippen molar-refractivity contribution in [2.75, 3.05) is 25.3 Å². The molecule has 0 saturated heterocycles. The van der Waals surface area contributed by atoms with Gasteiger partial charge in [0.25, 0.3) is 5.56 Å². The summed E-state index contributed by atoms with van der Waals surface area (Å²) in [5.74, 6) is 1.27. The number of thiocarbonyl (C=S) groups is 1. The summed E-state index contributed by atoms with van der Waals surface area (Å²) in [5, 5.41) is 5.95. The van der Waals surface area contributed by atoms with Gasteiger partial charge in [-0.1, -0.05) is 24.3 Å². The van der Waals surface area contributed by atoms with Crippen LogP contribution in [-0.4, -0.2) is 29.1 Å². The van der Waals surface area contributed by atoms with Crippen molar-refractivity contribution in [3.05, 3.63) is 58.9 Å². The normalized spacial score (nSPS) is 10.4. The Morgan fingerprint density at radius 1 is 1.12 bits per heavy atom. The van der Waals surface area contributed by atoms with E-state index in [0.29, 0.717) is 22.6 Å². The third-order valence-corrected chi connectivity index (χ3v) is 4.12. The Labute approximate surface area is 155 Å². The van der Waals surface area contributed by atoms with Crippen molar-refractivity contribution in [3.63, 3.8) is 0 Å². The molecule has 1 aromatic heterocycles. The zero-order valence-electron chi connectivity index (χ0n) is 14.3. The zero-order chi connectivity index (χ0) is 18.7. The minimum atomic E-state index is -0.355. The van der Waals surface area contributed by atoms with Crippen LogP contribution in [0.25, 0.3) is 11.1 Å². The minimum absolute atomic E-state index is 0.204. The Morgan fingerprint density at radius 2 is 1.81 bits per heavy atom. The third-order valence-electron chi connectivity index (χ3n) is 3.84. The number of hydrogen-bond acceptors (Lipinski definition) is 5. The van der Waals surface area contributed by atoms with Crippen LogP contribution < -0.4 is 26.1 Å². The van der Waals surface area contributed by atoms with E-state index in [-0.39, 0.29) is 16.5 Å². The first-order valence-electron chi connectivity index (χ1n) is 7.74. The molecule has 8 heteroatoms. The Kier molecular flexibility index (Phi) is 4.94. The number of rotatable bonds is 4. The van der Waals surface area contributed by atoms with Crippen LogP contribution >= 0.6 is 12.2 Å². The first-order chi connectivity index (χ1) is 12.5. The molecule has 134 valence electrons. The molecule has 0 bridgehead atoms. The van der Waals surface area contributed by atoms with Crippen molar-refractivity contribution in [1.82, 2.24) is 9.78 Å². The van der Waals surface area contributed by atoms with Crippen LogP contribution in [0, 0.1) is 0 Å². The van der Waals surface area contributed by atoms with Crippen molar-refractivity contribution in [3.8, 4) is 22.6 Å². The number of nitrogens with zero attached hydrogens (tertiary/aromatic N) is 1. The maximum absolute atomic E-state index is 12.5. The molecule has 2 aromatic carbocycles. The van der Waals surface area contributed by atoms with E-state index in [1.165, 1.54) is 11.8 Å². The molecule has 0 unspecified atom stereocenters. The van der Waals surface area contributed by atoms with Gasteiger partial charge in [-0.15, -0.1) is 0 Å². The van der Waals surface area contributed by atoms with Crippen molar-refractivity contribution >= 4 is 28.8 Å². The third kappa shape index (κ3) is 3.27. The molecule has 0 radical (unpaired) electrons. The first-order valence-corrected chi connectivity index (χ1v) is 8.15. The molecule has 3 rings (SSSR count). The second-order valence-corrected chi connectivity index (χ2v) is 5.79. The van der Waals surface area contributed by atoms with Gasteiger partial charge in [0.2, 0.25) is 0 Å². The van der Waals surface area contributed by atoms with Crippen LogP contribution in [0.1, 0.15) is 0 Å². The Bertz CT molecular complexity index is 995. The number of nitrogens with one attached hydrogen (secondary N) is 2. The second-order valence-electron chi connectivity index (χ2n) is 5.40. The van der Waals surface area contributed by atoms with E-state index in [0.717, 1.165) is 5.69 Å². The predicted molar refractivity (Wildman–Crippen MR) is 106 cm³/mol. The summed E-state index contributed by atoms with van der Waals surface area (Å²) in [5.41, 5.74) is 7.53. The van der Waals surface area contributed by atoms with E-state index in [2.05, 4.69) is 10.4 Å². The molecule has 0 amide bonds. The fourth-order valence-electron chi connectivity index (χ4n) is 2.58. The molecule has 4 N–H and O–H groups in total. The number of para-hydroxylation sites is 1. The fraction of sp³-hybridized carbons (Fsp3) is 0.111. The number of H-pyrrole nitrogens is 1. The number of nitrogen functional groups attached to an aromatic ring is 1. The molecule has 0 aliphatic rings. The number of aromatic nitrogens is 2. The van der Waals surface area contributed by atoms with Gasteiger partial charge in [-0.3, -0.25) is 9.89 Å². The molecule has 0 aliphatic heterocycles. The van der Waals surface area contributed by atoms with Crippen LogP contribution in [0.3, 0.4) is 0 Å². The standard InChI is InChI=1S/C18H18N4O3S/c1-24-13-9-8-11(10-14(13)25-2)15-16(19)22(21-17(15)23)18(26)20-12-6-4-3-5-7-12/h3-10H,19H2,1-2H3,(H,20,26)(H,21,23). The van der Waals surface area contributed by atoms with Crippen LogP contribution in [0.15, 0.2) is 53.3 Å². The number of methoxy groups -OCH3 is 2. The van der Waals surface area contributed by atoms with Gasteiger partial charge in [0.05, 0.1) is 19.8 Å². The predicted octanol–water partition coefficient (Wildman–Crippen LogP) is 2.69. The lowest BCUT2D eigenvalue weighted by atomic mass is 10.1. The monoisotopic (exact) mass is 370 g/mol. The van der Waals surface area contributed by atoms with Crippen LogP contribution in [0.5, 0.6) is 11.5 Å². The van der Waals surface area contributed by atoms with Crippen molar-refractivity contribution in [2.24, 2.45) is 0 Å². The highest BCUT2D eigenvalue weighted by atomic mass is 32.1. The average molecular weight is 370 g/mol. The number of benzene rings is 2. The molecule has 0 atom stereocenters. The summed E-state index contributed by atoms with van der Waals surface area (Å²) in [4.78, 5) is 12.5. The van der Waals surface area contributed by atoms with Crippen molar-refractivity contribution in [1.29, 1.82) is 0 Å². The molecule has 0 saturated carbocycles. The molecular weight excluding hydrogens is 352 g/mol. The summed E-state index contributed by atoms with van der Waals surface area (Å²) in [6.07, 6.45) is 0. The number of aromatic amines is 1. The number of hydrogen-bond donors (Lipinski definition) is 3. The van der Waals surface area contributed by atoms with Gasteiger partial charge >= 0.3 is 0 Å². The molecule has 3 aromatic rings. The summed E-state index contributed by atoms with van der Waals surface area (Å²) in [6, 6.07) is 14.5. The smallest absolute Gasteiger partial charge is 0.274 e. The summed E-state index contributed by atoms with van der Waals surface area (Å²) in [7, 11) is 3.07. The van der Waals surface area contributed by atoms with Gasteiger partial charge < -0.3 is 20.5 Å². The Balaban J connectivity index is 1.98. The highest BCUT2D eigenvalue weighted by molar-refractivity contribution is 7.80. The SMILES string of the molecule is COc1ccc(-c2c(N)n(C(=S)Nc3ccccc3)[nH]c2=O)cc1OC. The maximum Gasteiger partial charge on any atom is 0.274 e. The van der Waals surface area contributed by atoms with Gasteiger partial charge in [-0.05, 0) is 42.0 Å². The second kappa shape index (κ2) is 7.32. The highest BCUT2D eigenvalue weighted by Gasteiger charge is 2.18. The Morgan fingerprint density at radius 3 is 2.46 bits per heavy atom. The summed E-state index contributed by atoms with van der Waals surface area (Å²) < 4.78 is 11.9. The van der Waals surface area contributed by atoms with E-state index in [4.69, 9.17) is 27.4 Å². The molecular formula is C18H18N4O3S. The molecule has 0 spiro atoms. The summed E-state index contributed by atoms with van der Waals surface area (Å²) in [6.45, 7) is 0. The number of anilines is 2. The van der Waals surface area contributed by atoms with Crippen LogP contribution in [0.2, 0.25) is 0 Å². The maximum atomic E-state index is 12.5. The van der Waals surface area contributed by atoms with E-state index in [9.17, 15) is 4.79 Å². The fourth-order valence-corrected chi connectivity index (χ4v) is 2.84. The summed E-state index contributed by atoms with van der Waals surface area (Å²) >= 11 is 5.36. The topological polar surface area (TPSA) is 94.3 Å². The quantitative estimate of drug-likeness (QED) is 0.611. The Hall–Kier alpha value is -3.26. The van der Waals surface area contributed by atoms with E-state index in [1.54, 1.807) is 25.3 Å². The zero-order valence-corrected chi connectivity index (χ0v) is 15.1. The highest BCUT2D eigenvalue weighted by Crippen LogP contribution is 2.33. The molecule has 0 fully saturated rings. The molecule has 7 nitrogen and oxygen atoms in total. The van der Waals surface area contributed by atoms with Crippen LogP contribution in [0.4, 0.5) is 11.5 Å². The van der Waals surface area contributed by atoms with Gasteiger partial charge in [0.1, 0.15) is 5.82 Å². The largest absolute Gasteiger partial charge is 0.493 e. The first kappa shape index (κ1) is 17.6. The van der Waals surface area contributed by atoms with E-state index < -0.39 is 0 Å². The van der Waals surface area contributed by atoms with E-state index in [1.807, 2.05) is 30.3 Å². The van der Waals surface area contributed by atoms with Gasteiger partial charge in [-0.25, -0.2) is 4.68 Å². The van der Waals surface area contributed by atoms with Gasteiger partial charge in [0, 0.05) is 5.69 Å². The van der Waals surface area contributed by atoms with Gasteiger partial charge in [-0.2, -0.15) is 0 Å². The van der Waals surface area contributed by atoms with Crippen molar-refractivity contribution < 1.29 is 9.47 Å². The van der Waals surface area contributed by atoms with E-state index >= 15 is 0 Å². The lowest BCUT2D eigenvalue weighted by Crippen LogP contribution is -2.23. The number of nitrogens with two attached hydrogens (primary N) is 1. The van der Waals surface area contributed by atoms with Gasteiger partial charge in [0.15, 0.2) is 16.6 Å². The number of ether oxygens (including phenoxy) is 2. The average Bonchev–Trinajstić information content (AvgIpc) is 2.96. The lowest BCUT2D eigenvalue weighted by Gasteiger charge is -2.11. The lowest BCUT2D eigenvalue weighted by molar-refractivity contribution is 0.355. The minimum Gasteiger partial charge on any atom is -0.493 e. The molecule has 26 heavy (non-hydrogen) atoms. The van der Waals surface area contributed by atoms with Crippen molar-refractivity contribution in [2.45, 2.75) is 0 Å².